The molecule has 3 heterocycles. The van der Waals surface area contributed by atoms with E-state index >= 15 is 0 Å². The minimum absolute atomic E-state index is 0.0523. The summed E-state index contributed by atoms with van der Waals surface area (Å²) in [6.07, 6.45) is -4.19. The van der Waals surface area contributed by atoms with Gasteiger partial charge >= 0.3 is 17.9 Å². The summed E-state index contributed by atoms with van der Waals surface area (Å²) in [5, 5.41) is 12.1. The van der Waals surface area contributed by atoms with Gasteiger partial charge in [-0.1, -0.05) is 45.9 Å². The molecule has 15 heteroatoms. The average Bonchev–Trinajstić information content (AvgIpc) is 3.22. The monoisotopic (exact) mass is 878 g/mol. The SMILES string of the molecule is CCC1OC(=O)C(C)C(O[C@H]2C[C@@](C)(OC)[C@@H](OC(=O)c3ccccc3)[C@@H](C)O2)C(C)[C@@H](OC2CC(N(C)C)CC(C)O2)C(C)(COC)C[C@@H](C)C(=O)CC[C@@]1(O)COC(C)=O. The first kappa shape index (κ1) is 51.6. The van der Waals surface area contributed by atoms with Gasteiger partial charge in [0.25, 0.3) is 0 Å². The van der Waals surface area contributed by atoms with Crippen LogP contribution in [0.3, 0.4) is 0 Å². The van der Waals surface area contributed by atoms with Crippen molar-refractivity contribution in [3.05, 3.63) is 35.9 Å². The molecule has 0 amide bonds. The number of ether oxygens (including phenoxy) is 9. The number of nitrogens with zero attached hydrogens (tertiary/aromatic N) is 1. The van der Waals surface area contributed by atoms with Gasteiger partial charge in [-0.15, -0.1) is 0 Å². The first-order valence-corrected chi connectivity index (χ1v) is 22.3. The maximum atomic E-state index is 14.6. The number of benzene rings is 1. The Morgan fingerprint density at radius 2 is 1.58 bits per heavy atom. The number of ketones is 1. The van der Waals surface area contributed by atoms with Gasteiger partial charge in [0.2, 0.25) is 0 Å². The zero-order valence-corrected chi connectivity index (χ0v) is 39.4. The number of cyclic esters (lactones) is 1. The minimum atomic E-state index is -1.86. The lowest BCUT2D eigenvalue weighted by Crippen LogP contribution is -2.59. The minimum Gasteiger partial charge on any atom is -0.463 e. The molecule has 15 nitrogen and oxygen atoms in total. The molecule has 0 aromatic heterocycles. The Morgan fingerprint density at radius 3 is 2.18 bits per heavy atom. The Labute approximate surface area is 369 Å². The molecule has 4 rings (SSSR count). The van der Waals surface area contributed by atoms with Crippen LogP contribution in [-0.4, -0.2) is 142 Å². The van der Waals surface area contributed by atoms with E-state index in [-0.39, 0.29) is 50.2 Å². The normalized spacial score (nSPS) is 39.1. The van der Waals surface area contributed by atoms with Crippen LogP contribution in [-0.2, 0) is 57.0 Å². The van der Waals surface area contributed by atoms with Gasteiger partial charge in [-0.25, -0.2) is 4.79 Å². The van der Waals surface area contributed by atoms with Crippen LogP contribution in [0.5, 0.6) is 0 Å². The second kappa shape index (κ2) is 22.3. The van der Waals surface area contributed by atoms with E-state index < -0.39 is 102 Å². The molecule has 3 saturated heterocycles. The maximum Gasteiger partial charge on any atom is 0.338 e. The van der Waals surface area contributed by atoms with Crippen molar-refractivity contribution in [1.29, 1.82) is 0 Å². The van der Waals surface area contributed by atoms with E-state index in [1.54, 1.807) is 59.3 Å². The molecule has 15 atom stereocenters. The first-order chi connectivity index (χ1) is 29.1. The summed E-state index contributed by atoms with van der Waals surface area (Å²) in [4.78, 5) is 56.1. The second-order valence-corrected chi connectivity index (χ2v) is 18.8. The number of carbonyl (C=O) groups is 4. The quantitative estimate of drug-likeness (QED) is 0.183. The molecule has 0 radical (unpaired) electrons. The molecule has 0 spiro atoms. The Morgan fingerprint density at radius 1 is 0.903 bits per heavy atom. The van der Waals surface area contributed by atoms with Crippen LogP contribution >= 0.6 is 0 Å². The third kappa shape index (κ3) is 12.8. The number of aliphatic hydroxyl groups is 1. The summed E-state index contributed by atoms with van der Waals surface area (Å²) in [5.74, 6) is -4.06. The molecule has 1 N–H and O–H groups in total. The van der Waals surface area contributed by atoms with Gasteiger partial charge in [0.05, 0.1) is 42.5 Å². The molecule has 8 unspecified atom stereocenters. The van der Waals surface area contributed by atoms with Crippen molar-refractivity contribution in [3.63, 3.8) is 0 Å². The van der Waals surface area contributed by atoms with E-state index in [0.717, 1.165) is 6.42 Å². The van der Waals surface area contributed by atoms with Crippen molar-refractivity contribution in [3.8, 4) is 0 Å². The summed E-state index contributed by atoms with van der Waals surface area (Å²) < 4.78 is 56.6. The van der Waals surface area contributed by atoms with Gasteiger partial charge in [-0.2, -0.15) is 0 Å². The number of methoxy groups -OCH3 is 2. The summed E-state index contributed by atoms with van der Waals surface area (Å²) >= 11 is 0. The fourth-order valence-electron chi connectivity index (χ4n) is 9.77. The number of hydrogen-bond acceptors (Lipinski definition) is 15. The third-order valence-corrected chi connectivity index (χ3v) is 13.4. The highest BCUT2D eigenvalue weighted by Crippen LogP contribution is 2.44. The largest absolute Gasteiger partial charge is 0.463 e. The first-order valence-electron chi connectivity index (χ1n) is 22.3. The molecule has 1 aromatic rings. The molecular formula is C47H75NO14. The van der Waals surface area contributed by atoms with E-state index in [1.165, 1.54) is 6.92 Å². The number of Topliss-reactive ketones (excluding diaryl/α,β-unsaturated/α-hetero) is 1. The van der Waals surface area contributed by atoms with E-state index in [0.29, 0.717) is 18.4 Å². The Bertz CT molecular complexity index is 1630. The van der Waals surface area contributed by atoms with E-state index in [4.69, 9.17) is 42.6 Å². The molecule has 62 heavy (non-hydrogen) atoms. The molecule has 3 aliphatic heterocycles. The molecule has 3 fully saturated rings. The molecule has 0 bridgehead atoms. The van der Waals surface area contributed by atoms with Crippen LogP contribution in [0.15, 0.2) is 30.3 Å². The highest BCUT2D eigenvalue weighted by atomic mass is 16.7. The standard InChI is InChI=1S/C47H75NO14/c1-14-37-47(53,27-56-33(7)49)21-20-36(50)28(2)24-45(8,26-54-12)41(61-38-23-35(48(10)11)22-29(3)57-38)30(4)40(31(5)43(51)59-37)60-39-25-46(9,55-13)42(32(6)58-39)62-44(52)34-18-16-15-17-19-34/h15-19,28-32,35,37-42,53H,14,20-27H2,1-13H3/t28-,29?,30?,31?,32-,35?,37?,38?,39+,40?,41-,42+,45?,46-,47-/m1/s1. The Balaban J connectivity index is 1.81. The zero-order valence-electron chi connectivity index (χ0n) is 39.4. The lowest BCUT2D eigenvalue weighted by Gasteiger charge is -2.49. The highest BCUT2D eigenvalue weighted by molar-refractivity contribution is 5.89. The highest BCUT2D eigenvalue weighted by Gasteiger charge is 2.53. The van der Waals surface area contributed by atoms with Crippen molar-refractivity contribution in [2.24, 2.45) is 23.2 Å². The van der Waals surface area contributed by atoms with Crippen LogP contribution in [0.1, 0.15) is 118 Å². The fourth-order valence-corrected chi connectivity index (χ4v) is 9.77. The zero-order chi connectivity index (χ0) is 46.2. The molecule has 0 aliphatic carbocycles. The molecular weight excluding hydrogens is 803 g/mol. The van der Waals surface area contributed by atoms with Crippen molar-refractivity contribution >= 4 is 23.7 Å². The number of hydrogen-bond donors (Lipinski definition) is 1. The van der Waals surface area contributed by atoms with E-state index in [9.17, 15) is 24.3 Å². The fraction of sp³-hybridized carbons (Fsp3) is 0.787. The van der Waals surface area contributed by atoms with Crippen LogP contribution < -0.4 is 0 Å². The van der Waals surface area contributed by atoms with Gasteiger partial charge in [-0.3, -0.25) is 14.4 Å². The van der Waals surface area contributed by atoms with Gasteiger partial charge in [0.15, 0.2) is 18.7 Å². The van der Waals surface area contributed by atoms with Crippen molar-refractivity contribution < 1.29 is 66.9 Å². The van der Waals surface area contributed by atoms with Gasteiger partial charge in [0, 0.05) is 63.7 Å². The average molecular weight is 878 g/mol. The summed E-state index contributed by atoms with van der Waals surface area (Å²) in [7, 11) is 7.21. The van der Waals surface area contributed by atoms with Crippen LogP contribution in [0, 0.1) is 23.2 Å². The lowest BCUT2D eigenvalue weighted by atomic mass is 9.69. The summed E-state index contributed by atoms with van der Waals surface area (Å²) in [5.41, 5.74) is -3.40. The second-order valence-electron chi connectivity index (χ2n) is 18.8. The summed E-state index contributed by atoms with van der Waals surface area (Å²) in [6.45, 7) is 15.9. The third-order valence-electron chi connectivity index (χ3n) is 13.4. The smallest absolute Gasteiger partial charge is 0.338 e. The molecule has 3 aliphatic rings. The van der Waals surface area contributed by atoms with Crippen molar-refractivity contribution in [1.82, 2.24) is 4.90 Å². The van der Waals surface area contributed by atoms with Gasteiger partial charge in [-0.05, 0) is 79.6 Å². The van der Waals surface area contributed by atoms with Crippen LogP contribution in [0.4, 0.5) is 0 Å². The van der Waals surface area contributed by atoms with Crippen molar-refractivity contribution in [2.75, 3.05) is 41.5 Å². The topological polar surface area (TPSA) is 175 Å². The number of carbonyl (C=O) groups excluding carboxylic acids is 4. The van der Waals surface area contributed by atoms with Gasteiger partial charge in [0.1, 0.15) is 29.7 Å². The predicted molar refractivity (Wildman–Crippen MR) is 229 cm³/mol. The van der Waals surface area contributed by atoms with E-state index in [1.807, 2.05) is 54.8 Å². The predicted octanol–water partition coefficient (Wildman–Crippen LogP) is 5.91. The van der Waals surface area contributed by atoms with Crippen molar-refractivity contribution in [2.45, 2.75) is 174 Å². The molecule has 352 valence electrons. The summed E-state index contributed by atoms with van der Waals surface area (Å²) in [6, 6.07) is 8.86. The number of esters is 3. The van der Waals surface area contributed by atoms with Crippen LogP contribution in [0.25, 0.3) is 0 Å². The van der Waals surface area contributed by atoms with Crippen LogP contribution in [0.2, 0.25) is 0 Å². The Hall–Kier alpha value is -3.02. The molecule has 0 saturated carbocycles. The maximum absolute atomic E-state index is 14.6. The Kier molecular flexibility index (Phi) is 18.5. The molecule has 1 aromatic carbocycles. The van der Waals surface area contributed by atoms with Gasteiger partial charge < -0.3 is 52.6 Å². The van der Waals surface area contributed by atoms with E-state index in [2.05, 4.69) is 4.90 Å². The number of rotatable bonds is 13. The lowest BCUT2D eigenvalue weighted by molar-refractivity contribution is -0.306.